The first-order valence-corrected chi connectivity index (χ1v) is 9.64. The molecule has 2 aliphatic rings. The molecule has 0 N–H and O–H groups in total. The molecule has 2 aromatic rings. The van der Waals surface area contributed by atoms with Gasteiger partial charge < -0.3 is 14.4 Å². The van der Waals surface area contributed by atoms with Crippen molar-refractivity contribution in [3.05, 3.63) is 52.5 Å². The van der Waals surface area contributed by atoms with E-state index in [9.17, 15) is 4.79 Å². The Morgan fingerprint density at radius 2 is 2.07 bits per heavy atom. The predicted octanol–water partition coefficient (Wildman–Crippen LogP) is 1.47. The van der Waals surface area contributed by atoms with Gasteiger partial charge in [0, 0.05) is 11.8 Å². The molecule has 6 nitrogen and oxygen atoms in total. The summed E-state index contributed by atoms with van der Waals surface area (Å²) >= 11 is 0. The van der Waals surface area contributed by atoms with Crippen molar-refractivity contribution in [2.24, 2.45) is 0 Å². The maximum absolute atomic E-state index is 12.3. The van der Waals surface area contributed by atoms with Crippen molar-refractivity contribution in [2.75, 3.05) is 31.8 Å². The lowest BCUT2D eigenvalue weighted by atomic mass is 10.1. The first-order chi connectivity index (χ1) is 13.7. The maximum atomic E-state index is 12.3. The van der Waals surface area contributed by atoms with Gasteiger partial charge in [0.1, 0.15) is 0 Å². The number of carbonyl (C=O) groups excluding carboxylic acids is 1. The van der Waals surface area contributed by atoms with Crippen LogP contribution < -0.4 is 15.5 Å². The van der Waals surface area contributed by atoms with E-state index < -0.39 is 6.04 Å². The highest BCUT2D eigenvalue weighted by atomic mass is 16.5. The molecule has 2 heterocycles. The van der Waals surface area contributed by atoms with Crippen molar-refractivity contribution < 1.29 is 14.3 Å². The first kappa shape index (κ1) is 18.5. The Bertz CT molecular complexity index is 1000. The Balaban J connectivity index is 1.91. The van der Waals surface area contributed by atoms with Crippen molar-refractivity contribution in [1.82, 2.24) is 9.78 Å². The van der Waals surface area contributed by atoms with Crippen LogP contribution in [0.15, 0.2) is 36.4 Å². The van der Waals surface area contributed by atoms with Crippen molar-refractivity contribution in [2.45, 2.75) is 25.8 Å². The highest BCUT2D eigenvalue weighted by molar-refractivity contribution is 5.80. The number of aryl methyl sites for hydroxylation is 1. The number of morpholine rings is 1. The summed E-state index contributed by atoms with van der Waals surface area (Å²) in [7, 11) is 1.41. The number of anilines is 1. The molecule has 1 atom stereocenters. The number of carbonyl (C=O) groups is 1. The van der Waals surface area contributed by atoms with Crippen molar-refractivity contribution in [3.63, 3.8) is 0 Å². The van der Waals surface area contributed by atoms with E-state index in [0.29, 0.717) is 19.8 Å². The molecule has 1 aliphatic heterocycles. The SMILES string of the molecule is COC(=O)C1COCCN1c1nn(-c2ccc(C)cc2)c2/c1=C\C=C\CC\C=2. The van der Waals surface area contributed by atoms with Gasteiger partial charge in [0.25, 0.3) is 0 Å². The summed E-state index contributed by atoms with van der Waals surface area (Å²) in [6.45, 7) is 3.52. The van der Waals surface area contributed by atoms with Crippen LogP contribution in [-0.4, -0.2) is 48.7 Å². The zero-order chi connectivity index (χ0) is 19.5. The van der Waals surface area contributed by atoms with E-state index in [2.05, 4.69) is 55.5 Å². The number of methoxy groups -OCH3 is 1. The fourth-order valence-electron chi connectivity index (χ4n) is 3.65. The van der Waals surface area contributed by atoms with Gasteiger partial charge >= 0.3 is 5.97 Å². The Kier molecular flexibility index (Phi) is 5.30. The fourth-order valence-corrected chi connectivity index (χ4v) is 3.65. The molecule has 1 unspecified atom stereocenters. The summed E-state index contributed by atoms with van der Waals surface area (Å²) in [4.78, 5) is 14.4. The van der Waals surface area contributed by atoms with Crippen LogP contribution in [0, 0.1) is 6.92 Å². The Labute approximate surface area is 164 Å². The number of rotatable bonds is 3. The number of allylic oxidation sites excluding steroid dienone is 2. The predicted molar refractivity (Wildman–Crippen MR) is 109 cm³/mol. The maximum Gasteiger partial charge on any atom is 0.330 e. The average molecular weight is 379 g/mol. The summed E-state index contributed by atoms with van der Waals surface area (Å²) < 4.78 is 12.5. The van der Waals surface area contributed by atoms with Gasteiger partial charge in [0.05, 0.1) is 31.4 Å². The molecule has 0 amide bonds. The molecular weight excluding hydrogens is 354 g/mol. The van der Waals surface area contributed by atoms with Gasteiger partial charge in [-0.3, -0.25) is 0 Å². The molecule has 0 bridgehead atoms. The highest BCUT2D eigenvalue weighted by Gasteiger charge is 2.33. The zero-order valence-electron chi connectivity index (χ0n) is 16.3. The third-order valence-corrected chi connectivity index (χ3v) is 5.16. The largest absolute Gasteiger partial charge is 0.467 e. The second-order valence-electron chi connectivity index (χ2n) is 7.05. The lowest BCUT2D eigenvalue weighted by Crippen LogP contribution is -2.52. The molecule has 0 spiro atoms. The van der Waals surface area contributed by atoms with Crippen LogP contribution in [0.2, 0.25) is 0 Å². The van der Waals surface area contributed by atoms with E-state index in [1.165, 1.54) is 12.7 Å². The molecule has 1 aromatic heterocycles. The van der Waals surface area contributed by atoms with Gasteiger partial charge in [-0.2, -0.15) is 0 Å². The molecule has 28 heavy (non-hydrogen) atoms. The van der Waals surface area contributed by atoms with E-state index in [4.69, 9.17) is 14.6 Å². The van der Waals surface area contributed by atoms with Crippen molar-refractivity contribution in [3.8, 4) is 5.69 Å². The molecule has 0 saturated carbocycles. The topological polar surface area (TPSA) is 56.6 Å². The van der Waals surface area contributed by atoms with Gasteiger partial charge in [-0.25, -0.2) is 9.48 Å². The summed E-state index contributed by atoms with van der Waals surface area (Å²) in [6, 6.07) is 7.83. The fraction of sp³-hybridized carbons (Fsp3) is 0.364. The normalized spacial score (nSPS) is 22.6. The minimum atomic E-state index is -0.493. The first-order valence-electron chi connectivity index (χ1n) is 9.64. The summed E-state index contributed by atoms with van der Waals surface area (Å²) in [6.07, 6.45) is 10.5. The minimum Gasteiger partial charge on any atom is -0.467 e. The summed E-state index contributed by atoms with van der Waals surface area (Å²) in [5.74, 6) is 0.487. The van der Waals surface area contributed by atoms with E-state index in [0.717, 1.165) is 34.9 Å². The van der Waals surface area contributed by atoms with Crippen LogP contribution in [0.3, 0.4) is 0 Å². The van der Waals surface area contributed by atoms with Crippen molar-refractivity contribution >= 4 is 23.9 Å². The van der Waals surface area contributed by atoms with E-state index in [1.54, 1.807) is 0 Å². The molecule has 6 heteroatoms. The van der Waals surface area contributed by atoms with E-state index in [-0.39, 0.29) is 5.97 Å². The summed E-state index contributed by atoms with van der Waals surface area (Å²) in [5.41, 5.74) is 2.21. The Hall–Kier alpha value is -2.86. The second-order valence-corrected chi connectivity index (χ2v) is 7.05. The molecule has 1 saturated heterocycles. The Morgan fingerprint density at radius 3 is 2.86 bits per heavy atom. The number of ether oxygens (including phenoxy) is 2. The minimum absolute atomic E-state index is 0.302. The molecule has 146 valence electrons. The number of benzene rings is 1. The molecule has 4 rings (SSSR count). The average Bonchev–Trinajstić information content (AvgIpc) is 3.05. The standard InChI is InChI=1S/C22H25N3O3/c1-16-9-11-17(12-10-16)25-19-8-6-4-3-5-7-18(19)21(23-25)24-13-14-28-15-20(24)22(26)27-2/h3,5,7-12,20H,4,6,13-15H2,1-2H3/b5-3+,18-7+,19-8+. The number of fused-ring (bicyclic) bond motifs is 1. The number of hydrogen-bond donors (Lipinski definition) is 0. The van der Waals surface area contributed by atoms with Gasteiger partial charge in [-0.05, 0) is 38.0 Å². The second kappa shape index (κ2) is 8.02. The van der Waals surface area contributed by atoms with Crippen LogP contribution in [0.25, 0.3) is 17.8 Å². The number of hydrogen-bond acceptors (Lipinski definition) is 5. The highest BCUT2D eigenvalue weighted by Crippen LogP contribution is 2.16. The third-order valence-electron chi connectivity index (χ3n) is 5.16. The molecule has 0 radical (unpaired) electrons. The lowest BCUT2D eigenvalue weighted by molar-refractivity contribution is -0.144. The smallest absolute Gasteiger partial charge is 0.330 e. The molecule has 1 fully saturated rings. The molecule has 1 aliphatic carbocycles. The van der Waals surface area contributed by atoms with Crippen molar-refractivity contribution in [1.29, 1.82) is 0 Å². The van der Waals surface area contributed by atoms with Gasteiger partial charge in [0.15, 0.2) is 11.9 Å². The quantitative estimate of drug-likeness (QED) is 0.756. The Morgan fingerprint density at radius 1 is 1.25 bits per heavy atom. The number of aromatic nitrogens is 2. The van der Waals surface area contributed by atoms with Gasteiger partial charge in [0.2, 0.25) is 0 Å². The lowest BCUT2D eigenvalue weighted by Gasteiger charge is -2.33. The van der Waals surface area contributed by atoms with Crippen LogP contribution >= 0.6 is 0 Å². The van der Waals surface area contributed by atoms with Crippen LogP contribution in [-0.2, 0) is 14.3 Å². The van der Waals surface area contributed by atoms with Gasteiger partial charge in [-0.1, -0.05) is 35.9 Å². The van der Waals surface area contributed by atoms with Crippen LogP contribution in [0.4, 0.5) is 5.82 Å². The van der Waals surface area contributed by atoms with E-state index >= 15 is 0 Å². The zero-order valence-corrected chi connectivity index (χ0v) is 16.3. The van der Waals surface area contributed by atoms with Crippen LogP contribution in [0.5, 0.6) is 0 Å². The third kappa shape index (κ3) is 3.47. The molecule has 1 aromatic carbocycles. The van der Waals surface area contributed by atoms with Crippen LogP contribution in [0.1, 0.15) is 18.4 Å². The summed E-state index contributed by atoms with van der Waals surface area (Å²) in [5, 5.41) is 7.02. The van der Waals surface area contributed by atoms with Gasteiger partial charge in [-0.15, -0.1) is 5.10 Å². The monoisotopic (exact) mass is 379 g/mol. The molecular formula is C22H25N3O3. The number of esters is 1. The van der Waals surface area contributed by atoms with E-state index in [1.807, 2.05) is 9.58 Å². The number of nitrogens with zero attached hydrogens (tertiary/aromatic N) is 3.